The quantitative estimate of drug-likeness (QED) is 0.148. The molecule has 8 bridgehead atoms. The molecule has 0 aliphatic carbocycles. The molecule has 73 heavy (non-hydrogen) atoms. The van der Waals surface area contributed by atoms with Gasteiger partial charge in [0.05, 0.1) is 23.3 Å². The van der Waals surface area contributed by atoms with E-state index in [0.29, 0.717) is 45.9 Å². The van der Waals surface area contributed by atoms with E-state index in [9.17, 15) is 0 Å². The van der Waals surface area contributed by atoms with E-state index in [1.807, 2.05) is 146 Å². The van der Waals surface area contributed by atoms with Crippen LogP contribution in [0.25, 0.3) is 89.4 Å². The van der Waals surface area contributed by atoms with Crippen molar-refractivity contribution < 1.29 is 16.8 Å². The van der Waals surface area contributed by atoms with Crippen LogP contribution in [-0.4, -0.2) is 29.9 Å². The van der Waals surface area contributed by atoms with Crippen molar-refractivity contribution in [1.29, 1.82) is 0 Å². The van der Waals surface area contributed by atoms with E-state index in [0.717, 1.165) is 89.1 Å². The average Bonchev–Trinajstić information content (AvgIpc) is 4.20. The first-order chi connectivity index (χ1) is 35.7. The molecule has 0 atom stereocenters. The van der Waals surface area contributed by atoms with Crippen LogP contribution in [0, 0.1) is 0 Å². The number of benzene rings is 8. The Balaban J connectivity index is 0.00000543. The van der Waals surface area contributed by atoms with Crippen molar-refractivity contribution in [2.45, 2.75) is 0 Å². The minimum absolute atomic E-state index is 0. The Morgan fingerprint density at radius 3 is 0.534 bits per heavy atom. The molecule has 9 heteroatoms. The van der Waals surface area contributed by atoms with Crippen LogP contribution in [0.1, 0.15) is 45.6 Å². The topological polar surface area (TPSA) is 106 Å². The molecular formula is C64H40CoN8. The van der Waals surface area contributed by atoms with E-state index in [-0.39, 0.29) is 16.8 Å². The minimum Gasteiger partial charge on any atom is -0.357 e. The second-order valence-corrected chi connectivity index (χ2v) is 17.4. The van der Waals surface area contributed by atoms with Crippen molar-refractivity contribution in [3.63, 3.8) is 0 Å². The average molecular weight is 980 g/mol. The Hall–Kier alpha value is -9.41. The molecule has 2 aliphatic heterocycles. The third kappa shape index (κ3) is 8.28. The molecule has 0 spiro atoms. The molecule has 8 nitrogen and oxygen atoms in total. The zero-order valence-corrected chi connectivity index (χ0v) is 40.0. The maximum absolute atomic E-state index is 5.58. The predicted octanol–water partition coefficient (Wildman–Crippen LogP) is 13.8. The molecule has 0 fully saturated rings. The largest absolute Gasteiger partial charge is 2.00 e. The van der Waals surface area contributed by atoms with Crippen molar-refractivity contribution in [3.8, 4) is 44.5 Å². The number of hydrogen-bond donors (Lipinski definition) is 0. The summed E-state index contributed by atoms with van der Waals surface area (Å²) in [6, 6.07) is 82.2. The van der Waals surface area contributed by atoms with Gasteiger partial charge in [0.2, 0.25) is 0 Å². The Labute approximate surface area is 431 Å². The summed E-state index contributed by atoms with van der Waals surface area (Å²) in [7, 11) is 0. The van der Waals surface area contributed by atoms with Crippen LogP contribution in [-0.2, 0) is 16.8 Å². The van der Waals surface area contributed by atoms with Crippen LogP contribution in [0.15, 0.2) is 243 Å². The molecule has 1 radical (unpaired) electrons. The maximum Gasteiger partial charge on any atom is 2.00 e. The summed E-state index contributed by atoms with van der Waals surface area (Å²) >= 11 is 0. The molecule has 345 valence electrons. The summed E-state index contributed by atoms with van der Waals surface area (Å²) < 4.78 is 0. The third-order valence-corrected chi connectivity index (χ3v) is 13.0. The molecule has 0 N–H and O–H groups in total. The predicted molar refractivity (Wildman–Crippen MR) is 288 cm³/mol. The van der Waals surface area contributed by atoms with Gasteiger partial charge in [-0.05, 0) is 44.5 Å². The summed E-state index contributed by atoms with van der Waals surface area (Å²) in [6.45, 7) is 0. The second-order valence-electron chi connectivity index (χ2n) is 17.4. The van der Waals surface area contributed by atoms with Gasteiger partial charge in [-0.1, -0.05) is 243 Å². The van der Waals surface area contributed by atoms with E-state index >= 15 is 0 Å². The Bertz CT molecular complexity index is 3510. The molecule has 0 amide bonds. The first-order valence-corrected chi connectivity index (χ1v) is 23.9. The second kappa shape index (κ2) is 19.4. The molecule has 5 heterocycles. The number of nitrogens with zero attached hydrogens (tertiary/aromatic N) is 8. The first-order valence-electron chi connectivity index (χ1n) is 23.9. The van der Waals surface area contributed by atoms with Gasteiger partial charge in [-0.2, -0.15) is 0 Å². The van der Waals surface area contributed by atoms with E-state index in [4.69, 9.17) is 39.9 Å². The van der Waals surface area contributed by atoms with Gasteiger partial charge in [0.25, 0.3) is 0 Å². The van der Waals surface area contributed by atoms with Gasteiger partial charge in [-0.15, -0.1) is 0 Å². The Morgan fingerprint density at radius 1 is 0.192 bits per heavy atom. The summed E-state index contributed by atoms with van der Waals surface area (Å²) in [4.78, 5) is 44.2. The van der Waals surface area contributed by atoms with Crippen molar-refractivity contribution in [2.75, 3.05) is 0 Å². The summed E-state index contributed by atoms with van der Waals surface area (Å²) in [6.07, 6.45) is 0. The van der Waals surface area contributed by atoms with Gasteiger partial charge in [-0.3, -0.25) is 0 Å². The number of aromatic nitrogens is 8. The van der Waals surface area contributed by atoms with Crippen molar-refractivity contribution in [1.82, 2.24) is 39.9 Å². The van der Waals surface area contributed by atoms with Crippen LogP contribution in [0.4, 0.5) is 0 Å². The molecule has 8 aromatic carbocycles. The Morgan fingerprint density at radius 2 is 0.356 bits per heavy atom. The fourth-order valence-corrected chi connectivity index (χ4v) is 9.82. The smallest absolute Gasteiger partial charge is 0.357 e. The molecule has 3 aromatic heterocycles. The molecule has 0 saturated carbocycles. The fourth-order valence-electron chi connectivity index (χ4n) is 9.82. The standard InChI is InChI=1S/C64H40N8.Co/c1-9-25-41(26-10-1)49-50(42-27-11-2-12-28-42)58-65-57(49)69-59-51(43-29-13-3-14-30-43)52(44-31-15-4-16-32-44)61(66-59)71-63-55(47-37-21-7-22-38-47)56(48-39-23-8-24-40-48)64(68-63)72-62-54(46-35-19-6-20-36-46)53(60(67-62)70-58)45-33-17-5-18-34-45;/h1-40H;/q-2;+2. The monoisotopic (exact) mass is 979 g/mol. The molecular weight excluding hydrogens is 940 g/mol. The zero-order chi connectivity index (χ0) is 47.8. The van der Waals surface area contributed by atoms with E-state index in [1.54, 1.807) is 0 Å². The minimum atomic E-state index is 0. The van der Waals surface area contributed by atoms with Crippen molar-refractivity contribution in [3.05, 3.63) is 288 Å². The third-order valence-electron chi connectivity index (χ3n) is 13.0. The van der Waals surface area contributed by atoms with Gasteiger partial charge < -0.3 is 29.9 Å². The van der Waals surface area contributed by atoms with Gasteiger partial charge in [-0.25, -0.2) is 9.97 Å². The number of rotatable bonds is 8. The van der Waals surface area contributed by atoms with Gasteiger partial charge in [0.15, 0.2) is 0 Å². The summed E-state index contributed by atoms with van der Waals surface area (Å²) in [5.41, 5.74) is 15.8. The molecule has 11 aromatic rings. The molecule has 0 saturated heterocycles. The van der Waals surface area contributed by atoms with E-state index < -0.39 is 0 Å². The maximum atomic E-state index is 5.58. The van der Waals surface area contributed by atoms with Crippen LogP contribution in [0.3, 0.4) is 0 Å². The Kier molecular flexibility index (Phi) is 11.9. The summed E-state index contributed by atoms with van der Waals surface area (Å²) in [5, 5.41) is 0. The normalized spacial score (nSPS) is 12.2. The molecule has 0 unspecified atom stereocenters. The summed E-state index contributed by atoms with van der Waals surface area (Å²) in [5.74, 6) is 1.83. The zero-order valence-electron chi connectivity index (χ0n) is 39.0. The van der Waals surface area contributed by atoms with Crippen LogP contribution in [0.5, 0.6) is 0 Å². The van der Waals surface area contributed by atoms with Crippen molar-refractivity contribution >= 4 is 44.9 Å². The molecule has 2 aliphatic rings. The molecule has 13 rings (SSSR count). The fraction of sp³-hybridized carbons (Fsp3) is 0. The van der Waals surface area contributed by atoms with Crippen LogP contribution in [0.2, 0.25) is 0 Å². The van der Waals surface area contributed by atoms with E-state index in [1.165, 1.54) is 0 Å². The first kappa shape index (κ1) is 44.8. The number of fused-ring (bicyclic) bond motifs is 8. The number of hydrogen-bond acceptors (Lipinski definition) is 6. The van der Waals surface area contributed by atoms with Gasteiger partial charge >= 0.3 is 16.8 Å². The van der Waals surface area contributed by atoms with Gasteiger partial charge in [0.1, 0.15) is 0 Å². The SMILES string of the molecule is [Co+2].c1ccc(C2=C(c3ccccc3)c3nc2nc2[n-]c(nc4nc(nc5[n-]c(n3)c(-c3ccccc3)c5-c3ccccc3)C(c3ccccc3)=C4c3ccccc3)c(-c3ccccc3)c2-c2ccccc2)cc1. The van der Waals surface area contributed by atoms with Crippen LogP contribution >= 0.6 is 0 Å². The van der Waals surface area contributed by atoms with Crippen LogP contribution < -0.4 is 9.97 Å². The van der Waals surface area contributed by atoms with E-state index in [2.05, 4.69) is 97.1 Å². The van der Waals surface area contributed by atoms with Gasteiger partial charge in [0, 0.05) is 67.1 Å². The van der Waals surface area contributed by atoms with Crippen molar-refractivity contribution in [2.24, 2.45) is 0 Å².